The van der Waals surface area contributed by atoms with Crippen molar-refractivity contribution in [3.05, 3.63) is 96.2 Å². The van der Waals surface area contributed by atoms with Gasteiger partial charge in [-0.05, 0) is 67.1 Å². The number of ether oxygens (including phenoxy) is 1. The summed E-state index contributed by atoms with van der Waals surface area (Å²) in [6, 6.07) is 25.9. The number of unbranched alkanes of at least 4 members (excludes halogenated alkanes) is 2. The third-order valence-corrected chi connectivity index (χ3v) is 7.51. The molecule has 8 heteroatoms. The zero-order valence-corrected chi connectivity index (χ0v) is 23.9. The number of fused-ring (bicyclic) bond motifs is 1. The second kappa shape index (κ2) is 14.3. The van der Waals surface area contributed by atoms with Crippen LogP contribution < -0.4 is 4.74 Å². The van der Waals surface area contributed by atoms with Crippen LogP contribution in [0.3, 0.4) is 0 Å². The topological polar surface area (TPSA) is 95.0 Å². The van der Waals surface area contributed by atoms with Crippen molar-refractivity contribution in [2.24, 2.45) is 0 Å². The van der Waals surface area contributed by atoms with Crippen molar-refractivity contribution in [1.29, 1.82) is 0 Å². The predicted molar refractivity (Wildman–Crippen MR) is 157 cm³/mol. The van der Waals surface area contributed by atoms with Crippen LogP contribution in [0.25, 0.3) is 22.0 Å². The molecule has 0 radical (unpaired) electrons. The Morgan fingerprint density at radius 3 is 2.52 bits per heavy atom. The van der Waals surface area contributed by atoms with Crippen molar-refractivity contribution in [1.82, 2.24) is 4.98 Å². The number of aromatic nitrogens is 1. The third-order valence-electron chi connectivity index (χ3n) is 6.31. The molecule has 0 amide bonds. The summed E-state index contributed by atoms with van der Waals surface area (Å²) >= 11 is 0. The van der Waals surface area contributed by atoms with E-state index in [-0.39, 0.29) is 18.8 Å². The van der Waals surface area contributed by atoms with Crippen molar-refractivity contribution in [3.8, 4) is 16.9 Å². The molecule has 0 aliphatic rings. The van der Waals surface area contributed by atoms with E-state index in [0.717, 1.165) is 38.9 Å². The van der Waals surface area contributed by atoms with Crippen LogP contribution in [0.4, 0.5) is 0 Å². The summed E-state index contributed by atoms with van der Waals surface area (Å²) in [6.45, 7) is 3.92. The number of carbonyl (C=O) groups is 1. The van der Waals surface area contributed by atoms with Gasteiger partial charge in [0.2, 0.25) is 0 Å². The van der Waals surface area contributed by atoms with Crippen LogP contribution in [0, 0.1) is 0 Å². The van der Waals surface area contributed by atoms with E-state index < -0.39 is 13.9 Å². The van der Waals surface area contributed by atoms with Crippen molar-refractivity contribution in [2.75, 3.05) is 6.61 Å². The number of Topliss-reactive ketones (excluding diaryl/α,β-unsaturated/α-hetero) is 1. The Morgan fingerprint density at radius 1 is 0.950 bits per heavy atom. The van der Waals surface area contributed by atoms with Gasteiger partial charge in [0.25, 0.3) is 0 Å². The number of rotatable bonds is 15. The summed E-state index contributed by atoms with van der Waals surface area (Å²) in [5.74, 6) is 0.875. The maximum Gasteiger partial charge on any atom is 0.472 e. The predicted octanol–water partition coefficient (Wildman–Crippen LogP) is 7.69. The van der Waals surface area contributed by atoms with E-state index in [0.29, 0.717) is 32.3 Å². The highest BCUT2D eigenvalue weighted by atomic mass is 31.2. The lowest BCUT2D eigenvalue weighted by atomic mass is 9.93. The van der Waals surface area contributed by atoms with Gasteiger partial charge in [0.1, 0.15) is 18.1 Å². The summed E-state index contributed by atoms with van der Waals surface area (Å²) in [5, 5.41) is 0.988. The van der Waals surface area contributed by atoms with Crippen LogP contribution in [0.15, 0.2) is 85.1 Å². The molecule has 1 unspecified atom stereocenters. The van der Waals surface area contributed by atoms with Crippen molar-refractivity contribution in [2.45, 2.75) is 58.7 Å². The molecule has 3 aromatic carbocycles. The lowest BCUT2D eigenvalue weighted by Crippen LogP contribution is -2.06. The van der Waals surface area contributed by atoms with E-state index in [1.54, 1.807) is 20.0 Å². The Bertz CT molecular complexity index is 1460. The molecule has 0 spiro atoms. The molecule has 40 heavy (non-hydrogen) atoms. The molecular weight excluding hydrogens is 525 g/mol. The van der Waals surface area contributed by atoms with Crippen LogP contribution in [0.5, 0.6) is 5.75 Å². The normalized spacial score (nSPS) is 12.9. The smallest absolute Gasteiger partial charge is 0.472 e. The molecule has 0 fully saturated rings. The number of ketones is 1. The molecule has 7 nitrogen and oxygen atoms in total. The van der Waals surface area contributed by atoms with Gasteiger partial charge in [-0.3, -0.25) is 18.8 Å². The Kier molecular flexibility index (Phi) is 10.6. The first-order valence-corrected chi connectivity index (χ1v) is 15.1. The minimum absolute atomic E-state index is 0.107. The highest BCUT2D eigenvalue weighted by Gasteiger charge is 2.22. The number of benzene rings is 3. The van der Waals surface area contributed by atoms with Crippen molar-refractivity contribution >= 4 is 24.5 Å². The van der Waals surface area contributed by atoms with E-state index in [1.165, 1.54) is 0 Å². The van der Waals surface area contributed by atoms with Gasteiger partial charge in [-0.1, -0.05) is 67.1 Å². The number of nitrogens with zero attached hydrogens (tertiary/aromatic N) is 1. The maximum absolute atomic E-state index is 13.0. The van der Waals surface area contributed by atoms with Crippen LogP contribution in [0.1, 0.15) is 50.7 Å². The number of hydrogen-bond acceptors (Lipinski definition) is 6. The number of para-hydroxylation sites is 1. The van der Waals surface area contributed by atoms with Crippen LogP contribution in [0.2, 0.25) is 0 Å². The van der Waals surface area contributed by atoms with Gasteiger partial charge in [-0.2, -0.15) is 0 Å². The zero-order chi connectivity index (χ0) is 28.4. The highest BCUT2D eigenvalue weighted by Crippen LogP contribution is 2.44. The molecule has 1 atom stereocenters. The van der Waals surface area contributed by atoms with Crippen molar-refractivity contribution in [3.63, 3.8) is 0 Å². The number of phosphoric acid groups is 1. The molecule has 4 aromatic rings. The van der Waals surface area contributed by atoms with Crippen molar-refractivity contribution < 1.29 is 28.0 Å². The SMILES string of the molecule is CC(C)OP(=O)(O)OCCCCCC(=O)Cc1cnc2ccccc2c1-c1cccc(OCc2ccccc2)c1. The first-order valence-electron chi connectivity index (χ1n) is 13.6. The lowest BCUT2D eigenvalue weighted by Gasteiger charge is -2.15. The summed E-state index contributed by atoms with van der Waals surface area (Å²) in [5.41, 5.74) is 4.79. The fraction of sp³-hybridized carbons (Fsp3) is 0.312. The van der Waals surface area contributed by atoms with E-state index in [1.807, 2.05) is 78.9 Å². The molecular formula is C32H36NO6P. The average Bonchev–Trinajstić information content (AvgIpc) is 2.93. The molecule has 0 saturated carbocycles. The average molecular weight is 562 g/mol. The van der Waals surface area contributed by atoms with Gasteiger partial charge in [0.05, 0.1) is 18.2 Å². The van der Waals surface area contributed by atoms with E-state index in [4.69, 9.17) is 13.8 Å². The van der Waals surface area contributed by atoms with E-state index in [9.17, 15) is 14.3 Å². The molecule has 0 aliphatic heterocycles. The molecule has 0 bridgehead atoms. The standard InChI is InChI=1S/C32H36NO6P/c1-24(2)39-40(35,36)38-19-10-4-7-15-28(34)20-27-22-33-31-18-9-8-17-30(31)32(27)26-14-11-16-29(21-26)37-23-25-12-5-3-6-13-25/h3,5-6,8-9,11-14,16-18,21-22,24H,4,7,10,15,19-20,23H2,1-2H3,(H,35,36). The Balaban J connectivity index is 1.41. The van der Waals surface area contributed by atoms with E-state index >= 15 is 0 Å². The third kappa shape index (κ3) is 8.83. The number of hydrogen-bond donors (Lipinski definition) is 1. The van der Waals surface area contributed by atoms with Crippen LogP contribution in [-0.4, -0.2) is 28.4 Å². The second-order valence-electron chi connectivity index (χ2n) is 9.96. The minimum Gasteiger partial charge on any atom is -0.489 e. The largest absolute Gasteiger partial charge is 0.489 e. The number of carbonyl (C=O) groups excluding carboxylic acids is 1. The Hall–Kier alpha value is -3.35. The Labute approximate surface area is 235 Å². The molecule has 1 aromatic heterocycles. The summed E-state index contributed by atoms with van der Waals surface area (Å²) in [6.07, 6.45) is 4.02. The summed E-state index contributed by atoms with van der Waals surface area (Å²) in [7, 11) is -4.02. The number of pyridine rings is 1. The maximum atomic E-state index is 13.0. The molecule has 210 valence electrons. The molecule has 1 heterocycles. The monoisotopic (exact) mass is 561 g/mol. The number of phosphoric ester groups is 1. The second-order valence-corrected chi connectivity index (χ2v) is 11.4. The van der Waals surface area contributed by atoms with Gasteiger partial charge in [-0.15, -0.1) is 0 Å². The van der Waals surface area contributed by atoms with Gasteiger partial charge < -0.3 is 9.63 Å². The molecule has 0 aliphatic carbocycles. The van der Waals surface area contributed by atoms with Gasteiger partial charge >= 0.3 is 7.82 Å². The first kappa shape index (κ1) is 29.6. The molecule has 0 saturated heterocycles. The van der Waals surface area contributed by atoms with E-state index in [2.05, 4.69) is 4.98 Å². The molecule has 1 N–H and O–H groups in total. The van der Waals surface area contributed by atoms with Crippen LogP contribution >= 0.6 is 7.82 Å². The minimum atomic E-state index is -4.02. The van der Waals surface area contributed by atoms with Gasteiger partial charge in [0.15, 0.2) is 0 Å². The first-order chi connectivity index (χ1) is 19.3. The molecule has 4 rings (SSSR count). The fourth-order valence-electron chi connectivity index (χ4n) is 4.52. The quantitative estimate of drug-likeness (QED) is 0.117. The van der Waals surface area contributed by atoms with Gasteiger partial charge in [0, 0.05) is 24.4 Å². The fourth-order valence-corrected chi connectivity index (χ4v) is 5.47. The Morgan fingerprint density at radius 2 is 1.73 bits per heavy atom. The lowest BCUT2D eigenvalue weighted by molar-refractivity contribution is -0.118. The van der Waals surface area contributed by atoms with Crippen LogP contribution in [-0.2, 0) is 31.4 Å². The van der Waals surface area contributed by atoms with Gasteiger partial charge in [-0.25, -0.2) is 4.57 Å². The highest BCUT2D eigenvalue weighted by molar-refractivity contribution is 7.47. The summed E-state index contributed by atoms with van der Waals surface area (Å²) in [4.78, 5) is 27.2. The summed E-state index contributed by atoms with van der Waals surface area (Å²) < 4.78 is 27.7. The zero-order valence-electron chi connectivity index (χ0n) is 23.0.